The van der Waals surface area contributed by atoms with Crippen LogP contribution in [0.15, 0.2) is 36.4 Å². The minimum Gasteiger partial charge on any atom is -0.457 e. The molecule has 0 saturated heterocycles. The molecule has 106 valence electrons. The van der Waals surface area contributed by atoms with Gasteiger partial charge in [0.05, 0.1) is 27.9 Å². The summed E-state index contributed by atoms with van der Waals surface area (Å²) in [7, 11) is 0. The Hall–Kier alpha value is -2.58. The van der Waals surface area contributed by atoms with Crippen molar-refractivity contribution in [1.29, 1.82) is 5.26 Å². The van der Waals surface area contributed by atoms with E-state index in [0.717, 1.165) is 6.07 Å². The van der Waals surface area contributed by atoms with Gasteiger partial charge in [-0.1, -0.05) is 17.7 Å². The van der Waals surface area contributed by atoms with E-state index in [9.17, 15) is 9.18 Å². The van der Waals surface area contributed by atoms with Gasteiger partial charge in [-0.05, 0) is 35.9 Å². The van der Waals surface area contributed by atoms with E-state index in [4.69, 9.17) is 27.3 Å². The van der Waals surface area contributed by atoms with Crippen LogP contribution in [0.25, 0.3) is 0 Å². The molecule has 0 heterocycles. The number of nitriles is 1. The number of ether oxygens (including phenoxy) is 1. The number of carbonyl (C=O) groups is 1. The predicted molar refractivity (Wildman–Crippen MR) is 76.1 cm³/mol. The fourth-order valence-corrected chi connectivity index (χ4v) is 1.91. The van der Waals surface area contributed by atoms with E-state index in [1.54, 1.807) is 12.1 Å². The summed E-state index contributed by atoms with van der Waals surface area (Å²) in [6, 6.07) is 10.2. The highest BCUT2D eigenvalue weighted by Gasteiger charge is 2.13. The zero-order valence-electron chi connectivity index (χ0n) is 10.8. The number of rotatable bonds is 3. The van der Waals surface area contributed by atoms with Gasteiger partial charge in [-0.2, -0.15) is 5.26 Å². The molecule has 0 aliphatic heterocycles. The summed E-state index contributed by atoms with van der Waals surface area (Å²) in [5.74, 6) is -1.24. The van der Waals surface area contributed by atoms with Crippen LogP contribution >= 0.6 is 11.6 Å². The van der Waals surface area contributed by atoms with Crippen molar-refractivity contribution in [3.63, 3.8) is 0 Å². The molecule has 2 N–H and O–H groups in total. The molecule has 6 heteroatoms. The molecule has 0 spiro atoms. The highest BCUT2D eigenvalue weighted by molar-refractivity contribution is 6.33. The van der Waals surface area contributed by atoms with Gasteiger partial charge in [-0.3, -0.25) is 0 Å². The lowest BCUT2D eigenvalue weighted by Crippen LogP contribution is -2.08. The van der Waals surface area contributed by atoms with Gasteiger partial charge < -0.3 is 10.5 Å². The van der Waals surface area contributed by atoms with Crippen LogP contribution in [-0.2, 0) is 11.3 Å². The molecule has 21 heavy (non-hydrogen) atoms. The Morgan fingerprint density at radius 1 is 1.38 bits per heavy atom. The summed E-state index contributed by atoms with van der Waals surface area (Å²) in [6.45, 7) is -0.169. The molecule has 0 bridgehead atoms. The van der Waals surface area contributed by atoms with Crippen molar-refractivity contribution in [2.24, 2.45) is 0 Å². The maximum atomic E-state index is 13.3. The van der Waals surface area contributed by atoms with Crippen LogP contribution in [0.1, 0.15) is 21.5 Å². The lowest BCUT2D eigenvalue weighted by Gasteiger charge is -2.08. The molecule has 0 aliphatic carbocycles. The van der Waals surface area contributed by atoms with Gasteiger partial charge in [0, 0.05) is 0 Å². The summed E-state index contributed by atoms with van der Waals surface area (Å²) in [5.41, 5.74) is 6.48. The fraction of sp³-hybridized carbons (Fsp3) is 0.0667. The topological polar surface area (TPSA) is 76.1 Å². The van der Waals surface area contributed by atoms with Gasteiger partial charge in [-0.15, -0.1) is 0 Å². The summed E-state index contributed by atoms with van der Waals surface area (Å²) >= 11 is 5.82. The van der Waals surface area contributed by atoms with Crippen molar-refractivity contribution in [1.82, 2.24) is 0 Å². The molecule has 4 nitrogen and oxygen atoms in total. The predicted octanol–water partition coefficient (Wildman–Crippen LogP) is 3.29. The molecule has 0 aromatic heterocycles. The van der Waals surface area contributed by atoms with E-state index in [1.807, 2.05) is 6.07 Å². The molecular weight excluding hydrogens is 295 g/mol. The fourth-order valence-electron chi connectivity index (χ4n) is 1.74. The first-order chi connectivity index (χ1) is 10.0. The highest BCUT2D eigenvalue weighted by atomic mass is 35.5. The number of para-hydroxylation sites is 1. The first-order valence-corrected chi connectivity index (χ1v) is 6.29. The van der Waals surface area contributed by atoms with Crippen molar-refractivity contribution in [3.05, 3.63) is 63.9 Å². The van der Waals surface area contributed by atoms with Crippen LogP contribution in [0.5, 0.6) is 0 Å². The number of nitrogens with zero attached hydrogens (tertiary/aromatic N) is 1. The summed E-state index contributed by atoms with van der Waals surface area (Å²) < 4.78 is 18.3. The molecular formula is C15H10ClFN2O2. The third-order valence-corrected chi connectivity index (χ3v) is 3.06. The van der Waals surface area contributed by atoms with Crippen LogP contribution in [0.2, 0.25) is 5.02 Å². The maximum absolute atomic E-state index is 13.3. The number of anilines is 1. The van der Waals surface area contributed by atoms with Crippen LogP contribution in [0.4, 0.5) is 10.1 Å². The molecule has 2 aromatic carbocycles. The zero-order chi connectivity index (χ0) is 15.4. The van der Waals surface area contributed by atoms with Crippen molar-refractivity contribution < 1.29 is 13.9 Å². The number of hydrogen-bond acceptors (Lipinski definition) is 4. The van der Waals surface area contributed by atoms with Gasteiger partial charge in [0.15, 0.2) is 0 Å². The summed E-state index contributed by atoms with van der Waals surface area (Å²) in [4.78, 5) is 11.9. The Labute approximate surface area is 125 Å². The Kier molecular flexibility index (Phi) is 4.41. The third kappa shape index (κ3) is 3.50. The smallest absolute Gasteiger partial charge is 0.340 e. The Bertz CT molecular complexity index is 741. The Morgan fingerprint density at radius 3 is 2.86 bits per heavy atom. The van der Waals surface area contributed by atoms with Crippen LogP contribution in [-0.4, -0.2) is 5.97 Å². The molecule has 0 atom stereocenters. The van der Waals surface area contributed by atoms with Crippen LogP contribution < -0.4 is 5.73 Å². The van der Waals surface area contributed by atoms with E-state index in [1.165, 1.54) is 18.2 Å². The van der Waals surface area contributed by atoms with E-state index in [0.29, 0.717) is 5.56 Å². The number of hydrogen-bond donors (Lipinski definition) is 1. The van der Waals surface area contributed by atoms with Crippen molar-refractivity contribution in [2.75, 3.05) is 5.73 Å². The summed E-state index contributed by atoms with van der Waals surface area (Å²) in [5, 5.41) is 9.01. The maximum Gasteiger partial charge on any atom is 0.340 e. The van der Waals surface area contributed by atoms with Crippen LogP contribution in [0, 0.1) is 17.1 Å². The zero-order valence-corrected chi connectivity index (χ0v) is 11.5. The molecule has 2 rings (SSSR count). The number of esters is 1. The second-order valence-electron chi connectivity index (χ2n) is 4.24. The molecule has 0 amide bonds. The molecule has 0 saturated carbocycles. The minimum atomic E-state index is -0.669. The van der Waals surface area contributed by atoms with Crippen molar-refractivity contribution in [2.45, 2.75) is 6.61 Å². The van der Waals surface area contributed by atoms with Crippen molar-refractivity contribution >= 4 is 23.3 Å². The van der Waals surface area contributed by atoms with E-state index < -0.39 is 11.8 Å². The van der Waals surface area contributed by atoms with Gasteiger partial charge in [0.25, 0.3) is 0 Å². The SMILES string of the molecule is N#Cc1cc(F)cc(COC(=O)c2cccc(Cl)c2N)c1. The van der Waals surface area contributed by atoms with Gasteiger partial charge in [0.2, 0.25) is 0 Å². The first kappa shape index (κ1) is 14.8. The molecule has 0 radical (unpaired) electrons. The number of carbonyl (C=O) groups excluding carboxylic acids is 1. The van der Waals surface area contributed by atoms with Gasteiger partial charge in [0.1, 0.15) is 12.4 Å². The number of nitrogen functional groups attached to an aromatic ring is 1. The quantitative estimate of drug-likeness (QED) is 0.697. The lowest BCUT2D eigenvalue weighted by molar-refractivity contribution is 0.0473. The molecule has 2 aromatic rings. The second kappa shape index (κ2) is 6.25. The number of benzene rings is 2. The third-order valence-electron chi connectivity index (χ3n) is 2.73. The van der Waals surface area contributed by atoms with Crippen LogP contribution in [0.3, 0.4) is 0 Å². The second-order valence-corrected chi connectivity index (χ2v) is 4.64. The average Bonchev–Trinajstić information content (AvgIpc) is 2.47. The lowest BCUT2D eigenvalue weighted by atomic mass is 10.1. The van der Waals surface area contributed by atoms with E-state index in [-0.39, 0.29) is 28.4 Å². The van der Waals surface area contributed by atoms with Gasteiger partial charge in [-0.25, -0.2) is 9.18 Å². The van der Waals surface area contributed by atoms with E-state index >= 15 is 0 Å². The molecule has 0 fully saturated rings. The average molecular weight is 305 g/mol. The monoisotopic (exact) mass is 304 g/mol. The van der Waals surface area contributed by atoms with E-state index in [2.05, 4.69) is 0 Å². The highest BCUT2D eigenvalue weighted by Crippen LogP contribution is 2.23. The molecule has 0 unspecified atom stereocenters. The Morgan fingerprint density at radius 2 is 2.14 bits per heavy atom. The number of nitrogens with two attached hydrogens (primary N) is 1. The molecule has 0 aliphatic rings. The normalized spacial score (nSPS) is 9.95. The first-order valence-electron chi connectivity index (χ1n) is 5.92. The van der Waals surface area contributed by atoms with Crippen molar-refractivity contribution in [3.8, 4) is 6.07 Å². The standard InChI is InChI=1S/C15H10ClFN2O2/c16-13-3-1-2-12(14(13)19)15(20)21-8-10-4-9(7-18)5-11(17)6-10/h1-6H,8,19H2. The Balaban J connectivity index is 2.13. The summed E-state index contributed by atoms with van der Waals surface area (Å²) in [6.07, 6.45) is 0. The minimum absolute atomic E-state index is 0.126. The van der Waals surface area contributed by atoms with Gasteiger partial charge >= 0.3 is 5.97 Å². The largest absolute Gasteiger partial charge is 0.457 e. The number of halogens is 2.